The van der Waals surface area contributed by atoms with Crippen LogP contribution in [-0.2, 0) is 4.79 Å². The highest BCUT2D eigenvalue weighted by Gasteiger charge is 2.32. The Morgan fingerprint density at radius 2 is 2.27 bits per heavy atom. The number of allylic oxidation sites excluding steroid dienone is 4. The molecule has 1 atom stereocenters. The molecule has 82 valence electrons. The van der Waals surface area contributed by atoms with Crippen LogP contribution in [0.5, 0.6) is 0 Å². The number of rotatable bonds is 6. The Hall–Kier alpha value is -1.11. The first-order chi connectivity index (χ1) is 7.13. The first kappa shape index (κ1) is 12.0. The summed E-state index contributed by atoms with van der Waals surface area (Å²) in [4.78, 5) is 11.3. The van der Waals surface area contributed by atoms with Gasteiger partial charge in [0.25, 0.3) is 0 Å². The van der Waals surface area contributed by atoms with Crippen molar-refractivity contribution < 1.29 is 4.79 Å². The zero-order valence-corrected chi connectivity index (χ0v) is 9.59. The van der Waals surface area contributed by atoms with E-state index < -0.39 is 0 Å². The number of Topliss-reactive ketones (excluding diaryl/α,β-unsaturated/α-hetero) is 1. The molecule has 0 N–H and O–H groups in total. The van der Waals surface area contributed by atoms with Crippen LogP contribution in [0.4, 0.5) is 0 Å². The van der Waals surface area contributed by atoms with Gasteiger partial charge in [-0.25, -0.2) is 0 Å². The van der Waals surface area contributed by atoms with Gasteiger partial charge < -0.3 is 0 Å². The van der Waals surface area contributed by atoms with E-state index in [0.717, 1.165) is 37.7 Å². The minimum atomic E-state index is 0.178. The number of ketones is 1. The maximum atomic E-state index is 11.3. The van der Waals surface area contributed by atoms with E-state index in [9.17, 15) is 4.79 Å². The second-order valence-corrected chi connectivity index (χ2v) is 4.41. The van der Waals surface area contributed by atoms with Crippen molar-refractivity contribution in [1.82, 2.24) is 0 Å². The molecule has 0 spiro atoms. The zero-order chi connectivity index (χ0) is 11.3. The smallest absolute Gasteiger partial charge is 0.155 e. The van der Waals surface area contributed by atoms with E-state index in [1.54, 1.807) is 6.92 Å². The molecule has 15 heavy (non-hydrogen) atoms. The maximum absolute atomic E-state index is 11.3. The molecule has 0 aliphatic heterocycles. The third kappa shape index (κ3) is 2.92. The monoisotopic (exact) mass is 204 g/mol. The largest absolute Gasteiger partial charge is 0.295 e. The van der Waals surface area contributed by atoms with Gasteiger partial charge in [0.05, 0.1) is 0 Å². The number of hydrogen-bond acceptors (Lipinski definition) is 1. The predicted octanol–water partition coefficient (Wildman–Crippen LogP) is 3.82. The SMILES string of the molecule is C=CCC[C@]1(CC=C)C=C(C(C)=O)CC1. The van der Waals surface area contributed by atoms with Gasteiger partial charge in [-0.3, -0.25) is 4.79 Å². The Balaban J connectivity index is 2.79. The molecule has 0 saturated heterocycles. The van der Waals surface area contributed by atoms with Crippen LogP contribution in [0.2, 0.25) is 0 Å². The first-order valence-electron chi connectivity index (χ1n) is 5.58. The van der Waals surface area contributed by atoms with Crippen LogP contribution in [0.1, 0.15) is 39.0 Å². The van der Waals surface area contributed by atoms with Gasteiger partial charge in [-0.2, -0.15) is 0 Å². The average molecular weight is 204 g/mol. The Morgan fingerprint density at radius 3 is 2.73 bits per heavy atom. The van der Waals surface area contributed by atoms with E-state index >= 15 is 0 Å². The highest BCUT2D eigenvalue weighted by atomic mass is 16.1. The Bertz CT molecular complexity index is 298. The van der Waals surface area contributed by atoms with Gasteiger partial charge in [0.1, 0.15) is 0 Å². The summed E-state index contributed by atoms with van der Waals surface area (Å²) in [7, 11) is 0. The summed E-state index contributed by atoms with van der Waals surface area (Å²) in [5.41, 5.74) is 1.18. The summed E-state index contributed by atoms with van der Waals surface area (Å²) in [6, 6.07) is 0. The highest BCUT2D eigenvalue weighted by Crippen LogP contribution is 2.43. The van der Waals surface area contributed by atoms with Crippen LogP contribution in [0.3, 0.4) is 0 Å². The van der Waals surface area contributed by atoms with Crippen molar-refractivity contribution in [2.75, 3.05) is 0 Å². The first-order valence-corrected chi connectivity index (χ1v) is 5.58. The lowest BCUT2D eigenvalue weighted by Gasteiger charge is -2.25. The molecule has 1 aliphatic carbocycles. The van der Waals surface area contributed by atoms with Gasteiger partial charge in [-0.05, 0) is 50.0 Å². The summed E-state index contributed by atoms with van der Waals surface area (Å²) < 4.78 is 0. The van der Waals surface area contributed by atoms with Crippen LogP contribution in [-0.4, -0.2) is 5.78 Å². The summed E-state index contributed by atoms with van der Waals surface area (Å²) in [5.74, 6) is 0.222. The number of carbonyl (C=O) groups is 1. The molecule has 0 heterocycles. The topological polar surface area (TPSA) is 17.1 Å². The molecule has 0 fully saturated rings. The van der Waals surface area contributed by atoms with Crippen LogP contribution in [0.25, 0.3) is 0 Å². The van der Waals surface area contributed by atoms with E-state index in [0.29, 0.717) is 0 Å². The maximum Gasteiger partial charge on any atom is 0.155 e. The lowest BCUT2D eigenvalue weighted by atomic mass is 9.80. The van der Waals surface area contributed by atoms with Crippen molar-refractivity contribution >= 4 is 5.78 Å². The Kier molecular flexibility index (Phi) is 4.07. The van der Waals surface area contributed by atoms with E-state index in [4.69, 9.17) is 0 Å². The molecule has 0 radical (unpaired) electrons. The molecule has 1 heteroatoms. The highest BCUT2D eigenvalue weighted by molar-refractivity contribution is 5.93. The Labute approximate surface area is 92.6 Å². The van der Waals surface area contributed by atoms with Crippen LogP contribution in [0, 0.1) is 5.41 Å². The van der Waals surface area contributed by atoms with Crippen LogP contribution < -0.4 is 0 Å². The summed E-state index contributed by atoms with van der Waals surface area (Å²) >= 11 is 0. The fourth-order valence-electron chi connectivity index (χ4n) is 2.31. The van der Waals surface area contributed by atoms with Gasteiger partial charge in [0, 0.05) is 0 Å². The molecular formula is C14H20O. The standard InChI is InChI=1S/C14H20O/c1-4-6-9-14(8-5-2)10-7-13(11-14)12(3)15/h4-5,11H,1-2,6-10H2,3H3/t14-/m0/s1. The molecule has 0 aromatic carbocycles. The van der Waals surface area contributed by atoms with Crippen LogP contribution in [0.15, 0.2) is 37.0 Å². The fourth-order valence-corrected chi connectivity index (χ4v) is 2.31. The van der Waals surface area contributed by atoms with E-state index in [-0.39, 0.29) is 11.2 Å². The van der Waals surface area contributed by atoms with Crippen molar-refractivity contribution in [1.29, 1.82) is 0 Å². The van der Waals surface area contributed by atoms with Crippen molar-refractivity contribution in [3.8, 4) is 0 Å². The molecule has 0 saturated carbocycles. The second-order valence-electron chi connectivity index (χ2n) is 4.41. The third-order valence-corrected chi connectivity index (χ3v) is 3.22. The number of carbonyl (C=O) groups excluding carboxylic acids is 1. The minimum absolute atomic E-state index is 0.178. The normalized spacial score (nSPS) is 24.7. The second kappa shape index (κ2) is 5.11. The quantitative estimate of drug-likeness (QED) is 0.601. The number of hydrogen-bond donors (Lipinski definition) is 0. The predicted molar refractivity (Wildman–Crippen MR) is 64.7 cm³/mol. The van der Waals surface area contributed by atoms with Gasteiger partial charge in [0.15, 0.2) is 5.78 Å². The minimum Gasteiger partial charge on any atom is -0.295 e. The molecule has 0 unspecified atom stereocenters. The van der Waals surface area contributed by atoms with Crippen LogP contribution >= 0.6 is 0 Å². The fraction of sp³-hybridized carbons (Fsp3) is 0.500. The molecule has 0 amide bonds. The summed E-state index contributed by atoms with van der Waals surface area (Å²) in [6.07, 6.45) is 11.2. The van der Waals surface area contributed by atoms with Crippen molar-refractivity contribution in [2.24, 2.45) is 5.41 Å². The molecule has 0 aromatic heterocycles. The molecule has 0 bridgehead atoms. The van der Waals surface area contributed by atoms with Crippen molar-refractivity contribution in [3.63, 3.8) is 0 Å². The molecule has 1 aliphatic rings. The van der Waals surface area contributed by atoms with Gasteiger partial charge >= 0.3 is 0 Å². The molecule has 1 nitrogen and oxygen atoms in total. The van der Waals surface area contributed by atoms with E-state index in [1.165, 1.54) is 0 Å². The Morgan fingerprint density at radius 1 is 1.53 bits per heavy atom. The zero-order valence-electron chi connectivity index (χ0n) is 9.59. The lowest BCUT2D eigenvalue weighted by molar-refractivity contribution is -0.113. The van der Waals surface area contributed by atoms with Gasteiger partial charge in [-0.1, -0.05) is 18.2 Å². The van der Waals surface area contributed by atoms with E-state index in [1.807, 2.05) is 12.2 Å². The van der Waals surface area contributed by atoms with Crippen molar-refractivity contribution in [3.05, 3.63) is 37.0 Å². The third-order valence-electron chi connectivity index (χ3n) is 3.22. The molecule has 0 aromatic rings. The molecule has 1 rings (SSSR count). The summed E-state index contributed by atoms with van der Waals surface area (Å²) in [6.45, 7) is 9.22. The average Bonchev–Trinajstić information content (AvgIpc) is 2.61. The summed E-state index contributed by atoms with van der Waals surface area (Å²) in [5, 5.41) is 0. The molecular weight excluding hydrogens is 184 g/mol. The van der Waals surface area contributed by atoms with E-state index in [2.05, 4.69) is 19.2 Å². The van der Waals surface area contributed by atoms with Gasteiger partial charge in [-0.15, -0.1) is 13.2 Å². The van der Waals surface area contributed by atoms with Crippen molar-refractivity contribution in [2.45, 2.75) is 39.0 Å². The lowest BCUT2D eigenvalue weighted by Crippen LogP contribution is -2.13. The van der Waals surface area contributed by atoms with Gasteiger partial charge in [0.2, 0.25) is 0 Å².